The Hall–Kier alpha value is -2.86. The number of amides is 2. The molecule has 0 spiro atoms. The van der Waals surface area contributed by atoms with Gasteiger partial charge >= 0.3 is 0 Å². The highest BCUT2D eigenvalue weighted by Crippen LogP contribution is 2.20. The molecule has 1 aliphatic heterocycles. The van der Waals surface area contributed by atoms with Crippen LogP contribution in [0.15, 0.2) is 54.6 Å². The van der Waals surface area contributed by atoms with E-state index in [0.29, 0.717) is 31.7 Å². The van der Waals surface area contributed by atoms with Crippen LogP contribution in [-0.2, 0) is 4.79 Å². The van der Waals surface area contributed by atoms with Crippen LogP contribution < -0.4 is 10.1 Å². The van der Waals surface area contributed by atoms with Gasteiger partial charge in [0.25, 0.3) is 5.91 Å². The Morgan fingerprint density at radius 1 is 1.06 bits per heavy atom. The Balaban J connectivity index is 1.68. The summed E-state index contributed by atoms with van der Waals surface area (Å²) in [6.45, 7) is 9.01. The van der Waals surface area contributed by atoms with Crippen molar-refractivity contribution in [2.75, 3.05) is 45.9 Å². The van der Waals surface area contributed by atoms with E-state index in [1.165, 1.54) is 5.56 Å². The quantitative estimate of drug-likeness (QED) is 0.526. The summed E-state index contributed by atoms with van der Waals surface area (Å²) in [7, 11) is 0. The van der Waals surface area contributed by atoms with E-state index in [2.05, 4.69) is 31.3 Å². The smallest absolute Gasteiger partial charge is 0.253 e. The number of unbranched alkanes of at least 4 members (excludes halogenated alkanes) is 1. The number of benzene rings is 2. The second-order valence-corrected chi connectivity index (χ2v) is 8.67. The molecule has 1 fully saturated rings. The molecule has 6 nitrogen and oxygen atoms in total. The van der Waals surface area contributed by atoms with Crippen molar-refractivity contribution in [1.82, 2.24) is 15.1 Å². The summed E-state index contributed by atoms with van der Waals surface area (Å²) in [5, 5.41) is 3.27. The van der Waals surface area contributed by atoms with E-state index in [1.807, 2.05) is 52.3 Å². The fourth-order valence-electron chi connectivity index (χ4n) is 4.01. The molecule has 0 aromatic heterocycles. The summed E-state index contributed by atoms with van der Waals surface area (Å²) in [4.78, 5) is 29.9. The second kappa shape index (κ2) is 13.0. The van der Waals surface area contributed by atoms with Crippen molar-refractivity contribution in [2.24, 2.45) is 0 Å². The molecular formula is C27H37N3O3. The topological polar surface area (TPSA) is 61.9 Å². The third-order valence-corrected chi connectivity index (χ3v) is 6.08. The minimum absolute atomic E-state index is 0.0500. The van der Waals surface area contributed by atoms with Crippen molar-refractivity contribution in [3.05, 3.63) is 65.7 Å². The number of piperazine rings is 1. The number of rotatable bonds is 11. The van der Waals surface area contributed by atoms with Gasteiger partial charge in [0.2, 0.25) is 5.91 Å². The molecule has 178 valence electrons. The number of ether oxygens (including phenoxy) is 1. The molecule has 3 rings (SSSR count). The van der Waals surface area contributed by atoms with E-state index >= 15 is 0 Å². The lowest BCUT2D eigenvalue weighted by Gasteiger charge is -2.30. The summed E-state index contributed by atoms with van der Waals surface area (Å²) in [5.74, 6) is 1.01. The number of nitrogens with one attached hydrogen (secondary N) is 1. The zero-order valence-corrected chi connectivity index (χ0v) is 20.0. The molecule has 2 aromatic rings. The van der Waals surface area contributed by atoms with Crippen molar-refractivity contribution in [3.8, 4) is 5.75 Å². The van der Waals surface area contributed by atoms with E-state index in [1.54, 1.807) is 0 Å². The number of hydrogen-bond acceptors (Lipinski definition) is 4. The fraction of sp³-hybridized carbons (Fsp3) is 0.481. The minimum atomic E-state index is -0.0500. The van der Waals surface area contributed by atoms with E-state index in [0.717, 1.165) is 44.8 Å². The van der Waals surface area contributed by atoms with Crippen LogP contribution in [0, 0.1) is 0 Å². The van der Waals surface area contributed by atoms with Crippen LogP contribution >= 0.6 is 0 Å². The fourth-order valence-corrected chi connectivity index (χ4v) is 4.01. The second-order valence-electron chi connectivity index (χ2n) is 8.67. The van der Waals surface area contributed by atoms with Gasteiger partial charge in [0.05, 0.1) is 6.61 Å². The highest BCUT2D eigenvalue weighted by molar-refractivity contribution is 5.94. The van der Waals surface area contributed by atoms with Gasteiger partial charge in [-0.15, -0.1) is 0 Å². The zero-order chi connectivity index (χ0) is 23.5. The van der Waals surface area contributed by atoms with Crippen LogP contribution in [0.1, 0.15) is 54.9 Å². The van der Waals surface area contributed by atoms with Crippen LogP contribution in [0.5, 0.6) is 5.75 Å². The Labute approximate surface area is 197 Å². The van der Waals surface area contributed by atoms with Crippen LogP contribution in [0.25, 0.3) is 0 Å². The van der Waals surface area contributed by atoms with E-state index in [-0.39, 0.29) is 17.7 Å². The molecule has 0 saturated carbocycles. The number of carbonyl (C=O) groups excluding carboxylic acids is 2. The van der Waals surface area contributed by atoms with Gasteiger partial charge in [-0.3, -0.25) is 9.59 Å². The van der Waals surface area contributed by atoms with Gasteiger partial charge in [-0.2, -0.15) is 0 Å². The SMILES string of the molecule is CCCCOc1ccc(C(=O)N(CCC(=O)N2CCNCC2)C[C@H](C)c2ccccc2)cc1. The molecule has 1 saturated heterocycles. The molecule has 0 radical (unpaired) electrons. The zero-order valence-electron chi connectivity index (χ0n) is 20.0. The molecular weight excluding hydrogens is 414 g/mol. The standard InChI is InChI=1S/C27H37N3O3/c1-3-4-20-33-25-12-10-24(11-13-25)27(32)30(21-22(2)23-8-6-5-7-9-23)17-14-26(31)29-18-15-28-16-19-29/h5-13,22,28H,3-4,14-21H2,1-2H3/t22-/m0/s1. The summed E-state index contributed by atoms with van der Waals surface area (Å²) in [6.07, 6.45) is 2.43. The highest BCUT2D eigenvalue weighted by atomic mass is 16.5. The van der Waals surface area contributed by atoms with Gasteiger partial charge in [-0.25, -0.2) is 0 Å². The van der Waals surface area contributed by atoms with Crippen LogP contribution in [0.2, 0.25) is 0 Å². The van der Waals surface area contributed by atoms with Crippen LogP contribution in [-0.4, -0.2) is 67.5 Å². The Kier molecular flexibility index (Phi) is 9.76. The predicted molar refractivity (Wildman–Crippen MR) is 132 cm³/mol. The molecule has 0 bridgehead atoms. The molecule has 1 heterocycles. The van der Waals surface area contributed by atoms with E-state index in [4.69, 9.17) is 4.74 Å². The van der Waals surface area contributed by atoms with Crippen molar-refractivity contribution in [2.45, 2.75) is 39.0 Å². The average molecular weight is 452 g/mol. The Morgan fingerprint density at radius 2 is 1.76 bits per heavy atom. The molecule has 2 amide bonds. The molecule has 1 aliphatic rings. The van der Waals surface area contributed by atoms with Gasteiger partial charge < -0.3 is 19.9 Å². The van der Waals surface area contributed by atoms with Crippen molar-refractivity contribution in [1.29, 1.82) is 0 Å². The van der Waals surface area contributed by atoms with Crippen molar-refractivity contribution < 1.29 is 14.3 Å². The largest absolute Gasteiger partial charge is 0.494 e. The first-order valence-electron chi connectivity index (χ1n) is 12.1. The predicted octanol–water partition coefficient (Wildman–Crippen LogP) is 3.93. The number of nitrogens with zero attached hydrogens (tertiary/aromatic N) is 2. The lowest BCUT2D eigenvalue weighted by Crippen LogP contribution is -2.47. The van der Waals surface area contributed by atoms with Crippen molar-refractivity contribution in [3.63, 3.8) is 0 Å². The Bertz CT molecular complexity index is 864. The normalized spacial score (nSPS) is 14.5. The number of hydrogen-bond donors (Lipinski definition) is 1. The first-order chi connectivity index (χ1) is 16.1. The molecule has 33 heavy (non-hydrogen) atoms. The lowest BCUT2D eigenvalue weighted by atomic mass is 10.00. The van der Waals surface area contributed by atoms with Crippen LogP contribution in [0.3, 0.4) is 0 Å². The maximum absolute atomic E-state index is 13.4. The molecule has 1 N–H and O–H groups in total. The third kappa shape index (κ3) is 7.60. The summed E-state index contributed by atoms with van der Waals surface area (Å²) >= 11 is 0. The average Bonchev–Trinajstić information content (AvgIpc) is 2.87. The molecule has 6 heteroatoms. The molecule has 2 aromatic carbocycles. The van der Waals surface area contributed by atoms with Crippen LogP contribution in [0.4, 0.5) is 0 Å². The minimum Gasteiger partial charge on any atom is -0.494 e. The molecule has 0 unspecified atom stereocenters. The van der Waals surface area contributed by atoms with Gasteiger partial charge in [0.15, 0.2) is 0 Å². The van der Waals surface area contributed by atoms with Gasteiger partial charge in [-0.1, -0.05) is 50.6 Å². The number of carbonyl (C=O) groups is 2. The summed E-state index contributed by atoms with van der Waals surface area (Å²) in [6, 6.07) is 17.6. The first-order valence-corrected chi connectivity index (χ1v) is 12.1. The maximum atomic E-state index is 13.4. The summed E-state index contributed by atoms with van der Waals surface area (Å²) in [5.41, 5.74) is 1.80. The van der Waals surface area contributed by atoms with Gasteiger partial charge in [0.1, 0.15) is 5.75 Å². The highest BCUT2D eigenvalue weighted by Gasteiger charge is 2.22. The molecule has 0 aliphatic carbocycles. The summed E-state index contributed by atoms with van der Waals surface area (Å²) < 4.78 is 5.73. The molecule has 1 atom stereocenters. The lowest BCUT2D eigenvalue weighted by molar-refractivity contribution is -0.131. The van der Waals surface area contributed by atoms with Gasteiger partial charge in [0, 0.05) is 51.3 Å². The Morgan fingerprint density at radius 3 is 2.42 bits per heavy atom. The van der Waals surface area contributed by atoms with E-state index in [9.17, 15) is 9.59 Å². The maximum Gasteiger partial charge on any atom is 0.253 e. The van der Waals surface area contributed by atoms with Gasteiger partial charge in [-0.05, 0) is 42.2 Å². The monoisotopic (exact) mass is 451 g/mol. The van der Waals surface area contributed by atoms with E-state index < -0.39 is 0 Å². The first kappa shape index (κ1) is 24.8. The third-order valence-electron chi connectivity index (χ3n) is 6.08. The van der Waals surface area contributed by atoms with Crippen molar-refractivity contribution >= 4 is 11.8 Å².